The first kappa shape index (κ1) is 14.7. The molecule has 0 aromatic heterocycles. The molecule has 0 bridgehead atoms. The second-order valence-corrected chi connectivity index (χ2v) is 6.38. The van der Waals surface area contributed by atoms with E-state index in [2.05, 4.69) is 11.4 Å². The van der Waals surface area contributed by atoms with Gasteiger partial charge in [0.25, 0.3) is 0 Å². The highest BCUT2D eigenvalue weighted by molar-refractivity contribution is 8.00. The summed E-state index contributed by atoms with van der Waals surface area (Å²) in [4.78, 5) is 25.6. The molecule has 0 aliphatic carbocycles. The number of thioether (sulfide) groups is 1. The van der Waals surface area contributed by atoms with Crippen LogP contribution in [-0.2, 0) is 16.1 Å². The topological polar surface area (TPSA) is 82.4 Å². The lowest BCUT2D eigenvalue weighted by Crippen LogP contribution is -2.44. The highest BCUT2D eigenvalue weighted by atomic mass is 32.2. The molecule has 1 aromatic carbocycles. The zero-order valence-corrected chi connectivity index (χ0v) is 12.6. The van der Waals surface area contributed by atoms with Gasteiger partial charge in [0, 0.05) is 12.2 Å². The van der Waals surface area contributed by atoms with Crippen LogP contribution in [0.2, 0.25) is 0 Å². The number of hydrogen-bond donors (Lipinski definition) is 1. The number of hydrogen-bond acceptors (Lipinski definition) is 5. The number of ether oxygens (including phenoxy) is 1. The molecule has 2 saturated heterocycles. The van der Waals surface area contributed by atoms with Crippen LogP contribution in [0.25, 0.3) is 0 Å². The molecule has 0 unspecified atom stereocenters. The molecule has 1 N–H and O–H groups in total. The van der Waals surface area contributed by atoms with Crippen molar-refractivity contribution in [3.05, 3.63) is 35.9 Å². The number of carbonyl (C=O) groups is 2. The van der Waals surface area contributed by atoms with Gasteiger partial charge >= 0.3 is 6.09 Å². The van der Waals surface area contributed by atoms with Crippen LogP contribution in [0.4, 0.5) is 4.79 Å². The van der Waals surface area contributed by atoms with Crippen molar-refractivity contribution in [2.45, 2.75) is 30.5 Å². The van der Waals surface area contributed by atoms with Gasteiger partial charge in [0.1, 0.15) is 18.7 Å². The molecular formula is C15H15N3O3S. The Balaban J connectivity index is 1.53. The van der Waals surface area contributed by atoms with Crippen molar-refractivity contribution in [3.8, 4) is 6.07 Å². The van der Waals surface area contributed by atoms with Crippen LogP contribution in [0.15, 0.2) is 30.3 Å². The second kappa shape index (κ2) is 6.28. The van der Waals surface area contributed by atoms with E-state index < -0.39 is 18.2 Å². The van der Waals surface area contributed by atoms with Gasteiger partial charge < -0.3 is 15.0 Å². The maximum atomic E-state index is 12.3. The third-order valence-corrected chi connectivity index (χ3v) is 5.05. The third kappa shape index (κ3) is 2.88. The van der Waals surface area contributed by atoms with Gasteiger partial charge in [-0.1, -0.05) is 30.3 Å². The summed E-state index contributed by atoms with van der Waals surface area (Å²) in [5, 5.41) is 11.6. The third-order valence-electron chi connectivity index (χ3n) is 3.74. The van der Waals surface area contributed by atoms with Crippen LogP contribution < -0.4 is 5.32 Å². The van der Waals surface area contributed by atoms with Crippen molar-refractivity contribution in [3.63, 3.8) is 0 Å². The molecule has 3 rings (SSSR count). The molecule has 1 aromatic rings. The smallest absolute Gasteiger partial charge is 0.408 e. The van der Waals surface area contributed by atoms with Crippen molar-refractivity contribution in [1.29, 1.82) is 5.26 Å². The molecule has 114 valence electrons. The van der Waals surface area contributed by atoms with Gasteiger partial charge in [-0.3, -0.25) is 4.79 Å². The maximum Gasteiger partial charge on any atom is 0.408 e. The van der Waals surface area contributed by atoms with Gasteiger partial charge in [0.05, 0.1) is 11.4 Å². The molecule has 0 spiro atoms. The van der Waals surface area contributed by atoms with Crippen LogP contribution >= 0.6 is 11.8 Å². The van der Waals surface area contributed by atoms with Gasteiger partial charge in [0.2, 0.25) is 5.91 Å². The summed E-state index contributed by atoms with van der Waals surface area (Å²) in [6, 6.07) is 10.5. The highest BCUT2D eigenvalue weighted by Crippen LogP contribution is 2.37. The SMILES string of the molecule is N#C[C@@H]1CS[C@H]2C[C@H](NC(=O)OCc3ccccc3)C(=O)N12. The van der Waals surface area contributed by atoms with Crippen molar-refractivity contribution < 1.29 is 14.3 Å². The summed E-state index contributed by atoms with van der Waals surface area (Å²) in [7, 11) is 0. The first-order chi connectivity index (χ1) is 10.7. The Morgan fingerprint density at radius 1 is 1.45 bits per heavy atom. The highest BCUT2D eigenvalue weighted by Gasteiger charge is 2.48. The largest absolute Gasteiger partial charge is 0.445 e. The Morgan fingerprint density at radius 3 is 2.95 bits per heavy atom. The van der Waals surface area contributed by atoms with Crippen LogP contribution in [0, 0.1) is 11.3 Å². The minimum atomic E-state index is -0.609. The minimum Gasteiger partial charge on any atom is -0.445 e. The predicted molar refractivity (Wildman–Crippen MR) is 80.7 cm³/mol. The fraction of sp³-hybridized carbons (Fsp3) is 0.400. The number of carbonyl (C=O) groups excluding carboxylic acids is 2. The number of benzene rings is 1. The number of rotatable bonds is 3. The van der Waals surface area contributed by atoms with E-state index in [-0.39, 0.29) is 17.9 Å². The summed E-state index contributed by atoms with van der Waals surface area (Å²) in [5.74, 6) is 0.441. The Kier molecular flexibility index (Phi) is 4.20. The van der Waals surface area contributed by atoms with E-state index in [0.29, 0.717) is 12.2 Å². The van der Waals surface area contributed by atoms with Gasteiger partial charge in [-0.25, -0.2) is 4.79 Å². The normalized spacial score (nSPS) is 26.4. The average Bonchev–Trinajstić information content (AvgIpc) is 3.07. The lowest BCUT2D eigenvalue weighted by Gasteiger charge is -2.18. The van der Waals surface area contributed by atoms with E-state index in [9.17, 15) is 9.59 Å². The number of fused-ring (bicyclic) bond motifs is 1. The number of amides is 2. The quantitative estimate of drug-likeness (QED) is 0.913. The average molecular weight is 317 g/mol. The van der Waals surface area contributed by atoms with E-state index in [4.69, 9.17) is 10.00 Å². The van der Waals surface area contributed by atoms with Gasteiger partial charge in [-0.15, -0.1) is 11.8 Å². The summed E-state index contributed by atoms with van der Waals surface area (Å²) >= 11 is 1.58. The zero-order chi connectivity index (χ0) is 15.5. The van der Waals surface area contributed by atoms with Crippen molar-refractivity contribution >= 4 is 23.8 Å². The van der Waals surface area contributed by atoms with Gasteiger partial charge in [-0.2, -0.15) is 5.26 Å². The fourth-order valence-electron chi connectivity index (χ4n) is 2.65. The molecule has 2 amide bonds. The Bertz CT molecular complexity index is 616. The lowest BCUT2D eigenvalue weighted by atomic mass is 10.2. The van der Waals surface area contributed by atoms with E-state index >= 15 is 0 Å². The van der Waals surface area contributed by atoms with E-state index in [1.807, 2.05) is 30.3 Å². The molecule has 2 aliphatic heterocycles. The van der Waals surface area contributed by atoms with Crippen LogP contribution in [0.3, 0.4) is 0 Å². The van der Waals surface area contributed by atoms with E-state index in [0.717, 1.165) is 5.56 Å². The summed E-state index contributed by atoms with van der Waals surface area (Å²) in [6.45, 7) is 0.163. The molecule has 7 heteroatoms. The van der Waals surface area contributed by atoms with Crippen molar-refractivity contribution in [2.75, 3.05) is 5.75 Å². The molecule has 0 saturated carbocycles. The lowest BCUT2D eigenvalue weighted by molar-refractivity contribution is -0.130. The minimum absolute atomic E-state index is 0.0171. The molecule has 2 fully saturated rings. The number of nitrogens with zero attached hydrogens (tertiary/aromatic N) is 2. The number of nitriles is 1. The molecule has 6 nitrogen and oxygen atoms in total. The second-order valence-electron chi connectivity index (χ2n) is 5.17. The molecule has 2 aliphatic rings. The van der Waals surface area contributed by atoms with Gasteiger partial charge in [0.15, 0.2) is 0 Å². The molecule has 2 heterocycles. The standard InChI is InChI=1S/C15H15N3O3S/c16-7-11-9-22-13-6-12(14(19)18(11)13)17-15(20)21-8-10-4-2-1-3-5-10/h1-5,11-13H,6,8-9H2,(H,17,20)/t11-,12+,13+/m1/s1. The first-order valence-corrected chi connectivity index (χ1v) is 8.04. The van der Waals surface area contributed by atoms with Crippen molar-refractivity contribution in [1.82, 2.24) is 10.2 Å². The summed E-state index contributed by atoms with van der Waals surface area (Å²) in [6.07, 6.45) is -0.0934. The van der Waals surface area contributed by atoms with Crippen LogP contribution in [0.1, 0.15) is 12.0 Å². The predicted octanol–water partition coefficient (Wildman–Crippen LogP) is 1.48. The molecule has 3 atom stereocenters. The molecule has 22 heavy (non-hydrogen) atoms. The van der Waals surface area contributed by atoms with Crippen LogP contribution in [0.5, 0.6) is 0 Å². The summed E-state index contributed by atoms with van der Waals surface area (Å²) in [5.41, 5.74) is 0.885. The van der Waals surface area contributed by atoms with E-state index in [1.165, 1.54) is 0 Å². The van der Waals surface area contributed by atoms with Gasteiger partial charge in [-0.05, 0) is 5.56 Å². The Hall–Kier alpha value is -2.20. The number of nitrogens with one attached hydrogen (secondary N) is 1. The first-order valence-electron chi connectivity index (χ1n) is 6.99. The Morgan fingerprint density at radius 2 is 2.23 bits per heavy atom. The van der Waals surface area contributed by atoms with Crippen LogP contribution in [-0.4, -0.2) is 40.1 Å². The fourth-order valence-corrected chi connectivity index (χ4v) is 4.03. The molecular weight excluding hydrogens is 302 g/mol. The monoisotopic (exact) mass is 317 g/mol. The van der Waals surface area contributed by atoms with E-state index in [1.54, 1.807) is 16.7 Å². The Labute approximate surface area is 132 Å². The zero-order valence-electron chi connectivity index (χ0n) is 11.8. The number of alkyl carbamates (subject to hydrolysis) is 1. The maximum absolute atomic E-state index is 12.3. The van der Waals surface area contributed by atoms with Crippen molar-refractivity contribution in [2.24, 2.45) is 0 Å². The summed E-state index contributed by atoms with van der Waals surface area (Å²) < 4.78 is 5.12. The molecule has 0 radical (unpaired) electrons.